The maximum absolute atomic E-state index is 12.9. The lowest BCUT2D eigenvalue weighted by Crippen LogP contribution is -2.47. The second kappa shape index (κ2) is 8.46. The zero-order valence-electron chi connectivity index (χ0n) is 17.5. The third kappa shape index (κ3) is 3.87. The van der Waals surface area contributed by atoms with Crippen molar-refractivity contribution < 1.29 is 28.3 Å². The number of ether oxygens (including phenoxy) is 2. The molecule has 2 aromatic carbocycles. The fourth-order valence-corrected chi connectivity index (χ4v) is 3.33. The van der Waals surface area contributed by atoms with Gasteiger partial charge in [0.05, 0.1) is 7.11 Å². The van der Waals surface area contributed by atoms with E-state index in [1.54, 1.807) is 61.5 Å². The van der Waals surface area contributed by atoms with E-state index in [0.29, 0.717) is 27.8 Å². The minimum Gasteiger partial charge on any atom is -0.493 e. The number of hydrogen-bond acceptors (Lipinski definition) is 6. The third-order valence-corrected chi connectivity index (χ3v) is 5.08. The van der Waals surface area contributed by atoms with Crippen molar-refractivity contribution in [1.29, 1.82) is 0 Å². The van der Waals surface area contributed by atoms with Gasteiger partial charge in [-0.1, -0.05) is 42.5 Å². The molecule has 9 nitrogen and oxygen atoms in total. The Hall–Kier alpha value is -4.27. The zero-order valence-corrected chi connectivity index (χ0v) is 17.5. The molecule has 1 saturated heterocycles. The average molecular weight is 435 g/mol. The van der Waals surface area contributed by atoms with E-state index < -0.39 is 23.4 Å². The van der Waals surface area contributed by atoms with Crippen molar-refractivity contribution >= 4 is 17.8 Å². The first kappa shape index (κ1) is 21.0. The minimum absolute atomic E-state index is 0.0584. The lowest BCUT2D eigenvalue weighted by Gasteiger charge is -2.21. The van der Waals surface area contributed by atoms with E-state index in [2.05, 4.69) is 10.7 Å². The predicted molar refractivity (Wildman–Crippen MR) is 113 cm³/mol. The van der Waals surface area contributed by atoms with E-state index in [0.717, 1.165) is 0 Å². The molecule has 1 aliphatic rings. The van der Waals surface area contributed by atoms with E-state index >= 15 is 0 Å². The summed E-state index contributed by atoms with van der Waals surface area (Å²) in [5.41, 5.74) is 1.61. The highest BCUT2D eigenvalue weighted by Crippen LogP contribution is 2.28. The molecule has 1 aromatic heterocycles. The van der Waals surface area contributed by atoms with Crippen LogP contribution < -0.4 is 20.2 Å². The molecule has 1 atom stereocenters. The molecule has 1 fully saturated rings. The van der Waals surface area contributed by atoms with Crippen molar-refractivity contribution in [1.82, 2.24) is 15.8 Å². The van der Waals surface area contributed by atoms with Crippen LogP contribution in [-0.4, -0.2) is 30.0 Å². The Labute approximate surface area is 183 Å². The van der Waals surface area contributed by atoms with Gasteiger partial charge in [0.15, 0.2) is 17.3 Å². The molecule has 0 bridgehead atoms. The van der Waals surface area contributed by atoms with Gasteiger partial charge in [0, 0.05) is 0 Å². The highest BCUT2D eigenvalue weighted by Gasteiger charge is 2.50. The summed E-state index contributed by atoms with van der Waals surface area (Å²) in [6.07, 6.45) is 0. The van der Waals surface area contributed by atoms with Crippen LogP contribution in [-0.2, 0) is 16.9 Å². The molecule has 0 radical (unpaired) electrons. The van der Waals surface area contributed by atoms with E-state index in [9.17, 15) is 14.4 Å². The lowest BCUT2D eigenvalue weighted by atomic mass is 9.92. The summed E-state index contributed by atoms with van der Waals surface area (Å²) in [6, 6.07) is 18.2. The molecule has 4 amide bonds. The van der Waals surface area contributed by atoms with Crippen LogP contribution in [0.15, 0.2) is 71.1 Å². The second-order valence-corrected chi connectivity index (χ2v) is 7.21. The number of urea groups is 1. The first-order valence-electron chi connectivity index (χ1n) is 9.80. The first-order valence-corrected chi connectivity index (χ1v) is 9.80. The molecule has 0 aliphatic carbocycles. The third-order valence-electron chi connectivity index (χ3n) is 5.08. The Balaban J connectivity index is 1.42. The molecule has 2 heterocycles. The molecule has 2 N–H and O–H groups in total. The molecule has 0 spiro atoms. The fourth-order valence-electron chi connectivity index (χ4n) is 3.33. The normalized spacial score (nSPS) is 17.8. The topological polar surface area (TPSA) is 110 Å². The van der Waals surface area contributed by atoms with Crippen molar-refractivity contribution in [3.8, 4) is 11.5 Å². The number of methoxy groups -OCH3 is 1. The maximum atomic E-state index is 12.9. The van der Waals surface area contributed by atoms with Gasteiger partial charge in [0.25, 0.3) is 5.91 Å². The number of furan rings is 1. The van der Waals surface area contributed by atoms with Crippen LogP contribution >= 0.6 is 0 Å². The van der Waals surface area contributed by atoms with Crippen molar-refractivity contribution in [3.63, 3.8) is 0 Å². The van der Waals surface area contributed by atoms with Gasteiger partial charge in [0.1, 0.15) is 17.9 Å². The number of carbonyl (C=O) groups excluding carboxylic acids is 3. The molecular formula is C23H21N3O6. The number of nitrogens with one attached hydrogen (secondary N) is 2. The SMILES string of the molecule is COc1ccccc1OCc1ccc(C(=O)NN2C(=O)NC(C)(c3ccccc3)C2=O)o1. The van der Waals surface area contributed by atoms with Crippen molar-refractivity contribution in [2.45, 2.75) is 19.1 Å². The Morgan fingerprint density at radius 3 is 2.44 bits per heavy atom. The molecule has 3 aromatic rings. The van der Waals surface area contributed by atoms with Crippen LogP contribution in [0.5, 0.6) is 11.5 Å². The van der Waals surface area contributed by atoms with Gasteiger partial charge >= 0.3 is 11.9 Å². The number of para-hydroxylation sites is 2. The molecule has 32 heavy (non-hydrogen) atoms. The standard InChI is InChI=1S/C23H21N3O6/c1-23(15-8-4-3-5-9-15)21(28)26(22(29)24-23)25-20(27)19-13-12-16(32-19)14-31-18-11-7-6-10-17(18)30-2/h3-13H,14H2,1-2H3,(H,24,29)(H,25,27). The summed E-state index contributed by atoms with van der Waals surface area (Å²) in [5, 5.41) is 3.27. The maximum Gasteiger partial charge on any atom is 0.344 e. The van der Waals surface area contributed by atoms with Gasteiger partial charge in [0.2, 0.25) is 0 Å². The first-order chi connectivity index (χ1) is 15.4. The number of hydrogen-bond donors (Lipinski definition) is 2. The largest absolute Gasteiger partial charge is 0.493 e. The number of nitrogens with zero attached hydrogens (tertiary/aromatic N) is 1. The smallest absolute Gasteiger partial charge is 0.344 e. The summed E-state index contributed by atoms with van der Waals surface area (Å²) in [6.45, 7) is 1.64. The molecular weight excluding hydrogens is 414 g/mol. The Morgan fingerprint density at radius 2 is 1.72 bits per heavy atom. The zero-order chi connectivity index (χ0) is 22.7. The summed E-state index contributed by atoms with van der Waals surface area (Å²) in [5.74, 6) is 0.0570. The number of rotatable bonds is 7. The lowest BCUT2D eigenvalue weighted by molar-refractivity contribution is -0.132. The molecule has 164 valence electrons. The van der Waals surface area contributed by atoms with Gasteiger partial charge in [-0.15, -0.1) is 0 Å². The summed E-state index contributed by atoms with van der Waals surface area (Å²) >= 11 is 0. The number of carbonyl (C=O) groups is 3. The number of amides is 4. The number of imide groups is 1. The average Bonchev–Trinajstić information content (AvgIpc) is 3.38. The van der Waals surface area contributed by atoms with Gasteiger partial charge < -0.3 is 19.2 Å². The highest BCUT2D eigenvalue weighted by atomic mass is 16.5. The van der Waals surface area contributed by atoms with Gasteiger partial charge in [-0.05, 0) is 36.8 Å². The Morgan fingerprint density at radius 1 is 1.03 bits per heavy atom. The van der Waals surface area contributed by atoms with Crippen LogP contribution in [0.1, 0.15) is 28.8 Å². The highest BCUT2D eigenvalue weighted by molar-refractivity contribution is 6.09. The fraction of sp³-hybridized carbons (Fsp3) is 0.174. The summed E-state index contributed by atoms with van der Waals surface area (Å²) in [7, 11) is 1.54. The van der Waals surface area contributed by atoms with Gasteiger partial charge in [-0.25, -0.2) is 10.2 Å². The van der Waals surface area contributed by atoms with Crippen LogP contribution in [0.25, 0.3) is 0 Å². The number of hydrazine groups is 1. The van der Waals surface area contributed by atoms with E-state index in [1.165, 1.54) is 13.2 Å². The van der Waals surface area contributed by atoms with Crippen LogP contribution in [0.2, 0.25) is 0 Å². The van der Waals surface area contributed by atoms with Crippen molar-refractivity contribution in [3.05, 3.63) is 83.8 Å². The van der Waals surface area contributed by atoms with E-state index in [-0.39, 0.29) is 12.4 Å². The predicted octanol–water partition coefficient (Wildman–Crippen LogP) is 2.98. The molecule has 4 rings (SSSR count). The number of benzene rings is 2. The summed E-state index contributed by atoms with van der Waals surface area (Å²) in [4.78, 5) is 37.9. The second-order valence-electron chi connectivity index (χ2n) is 7.21. The quantitative estimate of drug-likeness (QED) is 0.552. The Bertz CT molecular complexity index is 1160. The van der Waals surface area contributed by atoms with Gasteiger partial charge in [-0.3, -0.25) is 9.59 Å². The van der Waals surface area contributed by atoms with Gasteiger partial charge in [-0.2, -0.15) is 5.01 Å². The summed E-state index contributed by atoms with van der Waals surface area (Å²) < 4.78 is 16.4. The van der Waals surface area contributed by atoms with Crippen LogP contribution in [0.3, 0.4) is 0 Å². The molecule has 1 aliphatic heterocycles. The van der Waals surface area contributed by atoms with Crippen molar-refractivity contribution in [2.24, 2.45) is 0 Å². The van der Waals surface area contributed by atoms with E-state index in [1.807, 2.05) is 6.07 Å². The van der Waals surface area contributed by atoms with Crippen LogP contribution in [0.4, 0.5) is 4.79 Å². The van der Waals surface area contributed by atoms with E-state index in [4.69, 9.17) is 13.9 Å². The molecule has 9 heteroatoms. The monoisotopic (exact) mass is 435 g/mol. The Kier molecular flexibility index (Phi) is 5.55. The molecule has 0 saturated carbocycles. The van der Waals surface area contributed by atoms with Crippen LogP contribution in [0, 0.1) is 0 Å². The van der Waals surface area contributed by atoms with Crippen molar-refractivity contribution in [2.75, 3.05) is 7.11 Å². The minimum atomic E-state index is -1.29. The molecule has 1 unspecified atom stereocenters.